The Bertz CT molecular complexity index is 422. The van der Waals surface area contributed by atoms with E-state index >= 15 is 0 Å². The molecule has 90 valence electrons. The summed E-state index contributed by atoms with van der Waals surface area (Å²) in [6.07, 6.45) is 1.50. The maximum absolute atomic E-state index is 11.6. The fraction of sp³-hybridized carbons (Fsp3) is 0.600. The number of nitrogens with zero attached hydrogens (tertiary/aromatic N) is 2. The molecule has 0 spiro atoms. The fourth-order valence-electron chi connectivity index (χ4n) is 1.62. The van der Waals surface area contributed by atoms with E-state index in [1.165, 1.54) is 4.90 Å². The molecule has 2 rings (SSSR count). The lowest BCUT2D eigenvalue weighted by atomic mass is 10.3. The molecule has 1 aliphatic heterocycles. The highest BCUT2D eigenvalue weighted by molar-refractivity contribution is 5.98. The van der Waals surface area contributed by atoms with Crippen LogP contribution in [-0.2, 0) is 9.59 Å². The molecule has 2 fully saturated rings. The van der Waals surface area contributed by atoms with Crippen LogP contribution in [0.5, 0.6) is 0 Å². The van der Waals surface area contributed by atoms with E-state index in [4.69, 9.17) is 5.26 Å². The second kappa shape index (κ2) is 4.05. The SMILES string of the molecule is N#CC1(NC(=O)CN2CCC(=O)NC2=O)CC1. The zero-order valence-corrected chi connectivity index (χ0v) is 9.15. The minimum absolute atomic E-state index is 0.122. The van der Waals surface area contributed by atoms with Crippen LogP contribution in [0.15, 0.2) is 0 Å². The molecular formula is C10H12N4O3. The standard InChI is InChI=1S/C10H12N4O3/c11-6-10(2-3-10)13-8(16)5-14-4-1-7(15)12-9(14)17/h1-5H2,(H,13,16)(H,12,15,17). The van der Waals surface area contributed by atoms with E-state index in [0.717, 1.165) is 0 Å². The normalized spacial score (nSPS) is 21.5. The van der Waals surface area contributed by atoms with Crippen molar-refractivity contribution < 1.29 is 14.4 Å². The van der Waals surface area contributed by atoms with Crippen LogP contribution in [0.2, 0.25) is 0 Å². The fourth-order valence-corrected chi connectivity index (χ4v) is 1.62. The van der Waals surface area contributed by atoms with Gasteiger partial charge in [-0.25, -0.2) is 4.79 Å². The number of hydrogen-bond donors (Lipinski definition) is 2. The number of amides is 4. The zero-order chi connectivity index (χ0) is 12.5. The first-order chi connectivity index (χ1) is 8.04. The molecule has 0 bridgehead atoms. The summed E-state index contributed by atoms with van der Waals surface area (Å²) in [5.41, 5.74) is -0.723. The van der Waals surface area contributed by atoms with Gasteiger partial charge in [-0.05, 0) is 12.8 Å². The van der Waals surface area contributed by atoms with Gasteiger partial charge in [0.25, 0.3) is 0 Å². The molecule has 0 aromatic heterocycles. The largest absolute Gasteiger partial charge is 0.336 e. The summed E-state index contributed by atoms with van der Waals surface area (Å²) in [7, 11) is 0. The number of rotatable bonds is 3. The van der Waals surface area contributed by atoms with E-state index in [2.05, 4.69) is 10.6 Å². The monoisotopic (exact) mass is 236 g/mol. The molecule has 0 aromatic rings. The molecule has 1 saturated heterocycles. The minimum atomic E-state index is -0.723. The van der Waals surface area contributed by atoms with Gasteiger partial charge < -0.3 is 10.2 Å². The summed E-state index contributed by atoms with van der Waals surface area (Å²) in [5, 5.41) is 13.5. The smallest absolute Gasteiger partial charge is 0.324 e. The van der Waals surface area contributed by atoms with E-state index in [9.17, 15) is 14.4 Å². The summed E-state index contributed by atoms with van der Waals surface area (Å²) in [5.74, 6) is -0.698. The molecule has 0 aromatic carbocycles. The predicted molar refractivity (Wildman–Crippen MR) is 55.4 cm³/mol. The van der Waals surface area contributed by atoms with Crippen LogP contribution in [0.25, 0.3) is 0 Å². The van der Waals surface area contributed by atoms with Crippen molar-refractivity contribution in [1.82, 2.24) is 15.5 Å². The molecule has 17 heavy (non-hydrogen) atoms. The van der Waals surface area contributed by atoms with Crippen molar-refractivity contribution in [3.63, 3.8) is 0 Å². The topological polar surface area (TPSA) is 102 Å². The predicted octanol–water partition coefficient (Wildman–Crippen LogP) is -0.899. The molecule has 1 aliphatic carbocycles. The lowest BCUT2D eigenvalue weighted by Crippen LogP contribution is -2.53. The third-order valence-corrected chi connectivity index (χ3v) is 2.82. The van der Waals surface area contributed by atoms with E-state index in [0.29, 0.717) is 12.8 Å². The highest BCUT2D eigenvalue weighted by Gasteiger charge is 2.44. The number of hydrogen-bond acceptors (Lipinski definition) is 4. The third kappa shape index (κ3) is 2.53. The number of imide groups is 1. The molecule has 1 saturated carbocycles. The summed E-state index contributed by atoms with van der Waals surface area (Å²) in [6.45, 7) is 0.111. The summed E-state index contributed by atoms with van der Waals surface area (Å²) >= 11 is 0. The van der Waals surface area contributed by atoms with E-state index in [1.807, 2.05) is 6.07 Å². The molecule has 4 amide bonds. The Kier molecular flexibility index (Phi) is 2.71. The van der Waals surface area contributed by atoms with Gasteiger partial charge in [0.05, 0.1) is 6.07 Å². The first kappa shape index (κ1) is 11.4. The molecule has 0 radical (unpaired) electrons. The van der Waals surface area contributed by atoms with Crippen molar-refractivity contribution in [3.8, 4) is 6.07 Å². The maximum Gasteiger partial charge on any atom is 0.324 e. The van der Waals surface area contributed by atoms with Crippen molar-refractivity contribution in [1.29, 1.82) is 5.26 Å². The Morgan fingerprint density at radius 1 is 1.53 bits per heavy atom. The summed E-state index contributed by atoms with van der Waals surface area (Å²) in [4.78, 5) is 35.1. The first-order valence-corrected chi connectivity index (χ1v) is 5.36. The van der Waals surface area contributed by atoms with E-state index in [-0.39, 0.29) is 31.3 Å². The molecule has 2 N–H and O–H groups in total. The average molecular weight is 236 g/mol. The van der Waals surface area contributed by atoms with Crippen molar-refractivity contribution in [2.75, 3.05) is 13.1 Å². The van der Waals surface area contributed by atoms with Crippen LogP contribution >= 0.6 is 0 Å². The lowest BCUT2D eigenvalue weighted by molar-refractivity contribution is -0.125. The van der Waals surface area contributed by atoms with Gasteiger partial charge >= 0.3 is 6.03 Å². The Morgan fingerprint density at radius 2 is 2.24 bits per heavy atom. The van der Waals surface area contributed by atoms with Crippen molar-refractivity contribution in [2.24, 2.45) is 0 Å². The van der Waals surface area contributed by atoms with Gasteiger partial charge in [-0.15, -0.1) is 0 Å². The molecule has 2 aliphatic rings. The van der Waals surface area contributed by atoms with Crippen LogP contribution in [-0.4, -0.2) is 41.4 Å². The van der Waals surface area contributed by atoms with Gasteiger partial charge in [-0.1, -0.05) is 0 Å². The zero-order valence-electron chi connectivity index (χ0n) is 9.15. The number of nitriles is 1. The quantitative estimate of drug-likeness (QED) is 0.662. The van der Waals surface area contributed by atoms with Gasteiger partial charge in [-0.2, -0.15) is 5.26 Å². The van der Waals surface area contributed by atoms with Crippen molar-refractivity contribution in [3.05, 3.63) is 0 Å². The molecule has 0 atom stereocenters. The van der Waals surface area contributed by atoms with Crippen LogP contribution < -0.4 is 10.6 Å². The highest BCUT2D eigenvalue weighted by atomic mass is 16.2. The molecule has 7 nitrogen and oxygen atoms in total. The van der Waals surface area contributed by atoms with Crippen LogP contribution in [0.4, 0.5) is 4.79 Å². The van der Waals surface area contributed by atoms with Crippen LogP contribution in [0.3, 0.4) is 0 Å². The highest BCUT2D eigenvalue weighted by Crippen LogP contribution is 2.34. The maximum atomic E-state index is 11.6. The number of nitrogens with one attached hydrogen (secondary N) is 2. The van der Waals surface area contributed by atoms with Crippen molar-refractivity contribution in [2.45, 2.75) is 24.8 Å². The van der Waals surface area contributed by atoms with Crippen LogP contribution in [0.1, 0.15) is 19.3 Å². The van der Waals surface area contributed by atoms with E-state index in [1.54, 1.807) is 0 Å². The van der Waals surface area contributed by atoms with Gasteiger partial charge in [0.2, 0.25) is 11.8 Å². The second-order valence-corrected chi connectivity index (χ2v) is 4.27. The Morgan fingerprint density at radius 3 is 2.76 bits per heavy atom. The van der Waals surface area contributed by atoms with Gasteiger partial charge in [-0.3, -0.25) is 14.9 Å². The number of urea groups is 1. The van der Waals surface area contributed by atoms with Gasteiger partial charge in [0, 0.05) is 13.0 Å². The average Bonchev–Trinajstić information content (AvgIpc) is 3.03. The molecule has 1 heterocycles. The molecule has 0 unspecified atom stereocenters. The van der Waals surface area contributed by atoms with Gasteiger partial charge in [0.1, 0.15) is 12.1 Å². The Labute approximate surface area is 97.7 Å². The first-order valence-electron chi connectivity index (χ1n) is 5.36. The molecule has 7 heteroatoms. The minimum Gasteiger partial charge on any atom is -0.336 e. The Balaban J connectivity index is 1.85. The van der Waals surface area contributed by atoms with Crippen molar-refractivity contribution >= 4 is 17.8 Å². The van der Waals surface area contributed by atoms with E-state index < -0.39 is 11.6 Å². The second-order valence-electron chi connectivity index (χ2n) is 4.27. The Hall–Kier alpha value is -2.10. The third-order valence-electron chi connectivity index (χ3n) is 2.82. The molecular weight excluding hydrogens is 224 g/mol. The van der Waals surface area contributed by atoms with Gasteiger partial charge in [0.15, 0.2) is 0 Å². The summed E-state index contributed by atoms with van der Waals surface area (Å²) in [6, 6.07) is 1.48. The number of carbonyl (C=O) groups excluding carboxylic acids is 3. The number of carbonyl (C=O) groups is 3. The lowest BCUT2D eigenvalue weighted by Gasteiger charge is -2.26. The summed E-state index contributed by atoms with van der Waals surface area (Å²) < 4.78 is 0. The van der Waals surface area contributed by atoms with Crippen LogP contribution in [0, 0.1) is 11.3 Å².